The van der Waals surface area contributed by atoms with Crippen molar-refractivity contribution in [3.63, 3.8) is 0 Å². The van der Waals surface area contributed by atoms with Crippen LogP contribution in [-0.2, 0) is 11.3 Å². The van der Waals surface area contributed by atoms with E-state index < -0.39 is 0 Å². The quantitative estimate of drug-likeness (QED) is 0.446. The van der Waals surface area contributed by atoms with Gasteiger partial charge in [-0.15, -0.1) is 0 Å². The van der Waals surface area contributed by atoms with Crippen molar-refractivity contribution in [1.82, 2.24) is 10.3 Å². The molecular weight excluding hydrogens is 404 g/mol. The van der Waals surface area contributed by atoms with Crippen molar-refractivity contribution < 1.29 is 19.0 Å². The Balaban J connectivity index is 1.49. The highest BCUT2D eigenvalue weighted by Gasteiger charge is 2.25. The molecule has 4 aromatic rings. The maximum atomic E-state index is 13.0. The van der Waals surface area contributed by atoms with Crippen molar-refractivity contribution in [3.8, 4) is 17.2 Å². The van der Waals surface area contributed by atoms with Crippen molar-refractivity contribution in [2.45, 2.75) is 18.9 Å². The van der Waals surface area contributed by atoms with Crippen LogP contribution < -0.4 is 19.5 Å². The van der Waals surface area contributed by atoms with Gasteiger partial charge in [0.05, 0.1) is 7.11 Å². The van der Waals surface area contributed by atoms with Crippen LogP contribution in [0.1, 0.15) is 29.0 Å². The van der Waals surface area contributed by atoms with Gasteiger partial charge in [0.2, 0.25) is 12.7 Å². The van der Waals surface area contributed by atoms with Crippen LogP contribution in [-0.4, -0.2) is 24.8 Å². The van der Waals surface area contributed by atoms with E-state index >= 15 is 0 Å². The van der Waals surface area contributed by atoms with Gasteiger partial charge in [-0.25, -0.2) is 0 Å². The third-order valence-corrected chi connectivity index (χ3v) is 5.81. The lowest BCUT2D eigenvalue weighted by atomic mass is 9.87. The molecule has 0 radical (unpaired) electrons. The Labute approximate surface area is 186 Å². The molecule has 6 heteroatoms. The Morgan fingerprint density at radius 2 is 1.91 bits per heavy atom. The summed E-state index contributed by atoms with van der Waals surface area (Å²) in [5, 5.41) is 4.03. The monoisotopic (exact) mass is 428 g/mol. The number of carbonyl (C=O) groups excluding carboxylic acids is 1. The highest BCUT2D eigenvalue weighted by molar-refractivity contribution is 5.91. The molecule has 0 saturated heterocycles. The number of benzene rings is 3. The van der Waals surface area contributed by atoms with Gasteiger partial charge in [-0.1, -0.05) is 42.5 Å². The molecular formula is C26H24N2O4. The summed E-state index contributed by atoms with van der Waals surface area (Å²) in [6.45, 7) is 0.701. The third-order valence-electron chi connectivity index (χ3n) is 5.81. The number of hydrogen-bond acceptors (Lipinski definition) is 4. The zero-order chi connectivity index (χ0) is 21.9. The second-order valence-corrected chi connectivity index (χ2v) is 7.76. The SMILES string of the molecule is COc1cccc2[nH]cc([C@@H](CC(=O)NCc3ccccc3)c3ccc4c(c3)OCO4)c12. The number of H-pyrrole nitrogens is 1. The van der Waals surface area contributed by atoms with Crippen LogP contribution >= 0.6 is 0 Å². The van der Waals surface area contributed by atoms with Gasteiger partial charge in [-0.05, 0) is 41.0 Å². The van der Waals surface area contributed by atoms with Gasteiger partial charge in [-0.2, -0.15) is 0 Å². The molecule has 6 nitrogen and oxygen atoms in total. The predicted molar refractivity (Wildman–Crippen MR) is 122 cm³/mol. The summed E-state index contributed by atoms with van der Waals surface area (Å²) >= 11 is 0. The van der Waals surface area contributed by atoms with Crippen molar-refractivity contribution >= 4 is 16.8 Å². The molecule has 0 aliphatic carbocycles. The molecule has 1 amide bonds. The van der Waals surface area contributed by atoms with Gasteiger partial charge < -0.3 is 24.5 Å². The second-order valence-electron chi connectivity index (χ2n) is 7.76. The number of amides is 1. The largest absolute Gasteiger partial charge is 0.496 e. The summed E-state index contributed by atoms with van der Waals surface area (Å²) in [4.78, 5) is 16.3. The maximum Gasteiger partial charge on any atom is 0.231 e. The molecule has 162 valence electrons. The Kier molecular flexibility index (Phi) is 5.42. The standard InChI is InChI=1S/C26H24N2O4/c1-30-23-9-5-8-21-26(23)20(15-27-21)19(18-10-11-22-24(12-18)32-16-31-22)13-25(29)28-14-17-6-3-2-4-7-17/h2-12,15,19,27H,13-14,16H2,1H3,(H,28,29)/t19-/m0/s1. The topological polar surface area (TPSA) is 72.6 Å². The van der Waals surface area contributed by atoms with E-state index in [1.807, 2.05) is 72.9 Å². The van der Waals surface area contributed by atoms with Gasteiger partial charge in [0.25, 0.3) is 0 Å². The van der Waals surface area contributed by atoms with E-state index in [1.165, 1.54) is 0 Å². The minimum atomic E-state index is -0.190. The second kappa shape index (κ2) is 8.67. The molecule has 0 unspecified atom stereocenters. The zero-order valence-corrected chi connectivity index (χ0v) is 17.8. The van der Waals surface area contributed by atoms with E-state index in [2.05, 4.69) is 10.3 Å². The molecule has 3 aromatic carbocycles. The summed E-state index contributed by atoms with van der Waals surface area (Å²) in [5.74, 6) is 1.97. The molecule has 2 N–H and O–H groups in total. The Morgan fingerprint density at radius 3 is 2.75 bits per heavy atom. The van der Waals surface area contributed by atoms with E-state index in [9.17, 15) is 4.79 Å². The van der Waals surface area contributed by atoms with Crippen molar-refractivity contribution in [3.05, 3.63) is 89.6 Å². The van der Waals surface area contributed by atoms with Crippen LogP contribution in [0.5, 0.6) is 17.2 Å². The third kappa shape index (κ3) is 3.87. The zero-order valence-electron chi connectivity index (χ0n) is 17.8. The Morgan fingerprint density at radius 1 is 1.06 bits per heavy atom. The first kappa shape index (κ1) is 20.0. The van der Waals surface area contributed by atoms with Gasteiger partial charge in [0, 0.05) is 36.0 Å². The number of methoxy groups -OCH3 is 1. The number of hydrogen-bond donors (Lipinski definition) is 2. The Bertz CT molecular complexity index is 1250. The van der Waals surface area contributed by atoms with Gasteiger partial charge in [-0.3, -0.25) is 4.79 Å². The first-order valence-corrected chi connectivity index (χ1v) is 10.6. The average Bonchev–Trinajstić information content (AvgIpc) is 3.48. The lowest BCUT2D eigenvalue weighted by molar-refractivity contribution is -0.121. The highest BCUT2D eigenvalue weighted by atomic mass is 16.7. The van der Waals surface area contributed by atoms with Gasteiger partial charge in [0.1, 0.15) is 5.75 Å². The molecule has 0 bridgehead atoms. The van der Waals surface area contributed by atoms with Crippen molar-refractivity contribution in [1.29, 1.82) is 0 Å². The normalized spacial score (nSPS) is 13.2. The minimum Gasteiger partial charge on any atom is -0.496 e. The molecule has 0 saturated carbocycles. The molecule has 5 rings (SSSR count). The van der Waals surface area contributed by atoms with E-state index in [1.54, 1.807) is 7.11 Å². The van der Waals surface area contributed by atoms with Crippen LogP contribution in [0.25, 0.3) is 10.9 Å². The van der Waals surface area contributed by atoms with E-state index in [0.29, 0.717) is 12.3 Å². The van der Waals surface area contributed by atoms with Crippen molar-refractivity contribution in [2.75, 3.05) is 13.9 Å². The van der Waals surface area contributed by atoms with E-state index in [4.69, 9.17) is 14.2 Å². The number of aromatic amines is 1. The first-order chi connectivity index (χ1) is 15.7. The fourth-order valence-corrected chi connectivity index (χ4v) is 4.21. The smallest absolute Gasteiger partial charge is 0.231 e. The summed E-state index contributed by atoms with van der Waals surface area (Å²) in [6.07, 6.45) is 2.25. The van der Waals surface area contributed by atoms with E-state index in [-0.39, 0.29) is 25.0 Å². The molecule has 1 aliphatic heterocycles. The first-order valence-electron chi connectivity index (χ1n) is 10.6. The van der Waals surface area contributed by atoms with E-state index in [0.717, 1.165) is 39.1 Å². The minimum absolute atomic E-state index is 0.0271. The molecule has 0 spiro atoms. The average molecular weight is 428 g/mol. The fraction of sp³-hybridized carbons (Fsp3) is 0.192. The van der Waals surface area contributed by atoms with Crippen LogP contribution in [0.2, 0.25) is 0 Å². The van der Waals surface area contributed by atoms with Crippen LogP contribution in [0, 0.1) is 0 Å². The summed E-state index contributed by atoms with van der Waals surface area (Å²) < 4.78 is 16.7. The summed E-state index contributed by atoms with van der Waals surface area (Å²) in [6, 6.07) is 21.7. The number of carbonyl (C=O) groups is 1. The summed E-state index contributed by atoms with van der Waals surface area (Å²) in [7, 11) is 1.66. The maximum absolute atomic E-state index is 13.0. The van der Waals surface area contributed by atoms with Crippen LogP contribution in [0.4, 0.5) is 0 Å². The molecule has 2 heterocycles. The number of nitrogens with one attached hydrogen (secondary N) is 2. The number of aromatic nitrogens is 1. The van der Waals surface area contributed by atoms with Gasteiger partial charge >= 0.3 is 0 Å². The van der Waals surface area contributed by atoms with Crippen LogP contribution in [0.3, 0.4) is 0 Å². The fourth-order valence-electron chi connectivity index (χ4n) is 4.21. The number of fused-ring (bicyclic) bond motifs is 2. The molecule has 1 atom stereocenters. The van der Waals surface area contributed by atoms with Gasteiger partial charge in [0.15, 0.2) is 11.5 Å². The van der Waals surface area contributed by atoms with Crippen molar-refractivity contribution in [2.24, 2.45) is 0 Å². The molecule has 1 aromatic heterocycles. The highest BCUT2D eigenvalue weighted by Crippen LogP contribution is 2.41. The molecule has 32 heavy (non-hydrogen) atoms. The molecule has 1 aliphatic rings. The number of ether oxygens (including phenoxy) is 3. The van der Waals surface area contributed by atoms with Crippen LogP contribution in [0.15, 0.2) is 72.9 Å². The number of rotatable bonds is 7. The Hall–Kier alpha value is -3.93. The lowest BCUT2D eigenvalue weighted by Gasteiger charge is -2.18. The molecule has 0 fully saturated rings. The lowest BCUT2D eigenvalue weighted by Crippen LogP contribution is -2.25. The predicted octanol–water partition coefficient (Wildman–Crippen LogP) is 4.74. The summed E-state index contributed by atoms with van der Waals surface area (Å²) in [5.41, 5.74) is 4.02.